The monoisotopic (exact) mass is 182 g/mol. The topological polar surface area (TPSA) is 43.4 Å². The molecule has 0 amide bonds. The first kappa shape index (κ1) is 9.96. The van der Waals surface area contributed by atoms with Gasteiger partial charge in [0.15, 0.2) is 5.78 Å². The van der Waals surface area contributed by atoms with Crippen LogP contribution >= 0.6 is 0 Å². The molecule has 0 spiro atoms. The molecule has 1 saturated carbocycles. The van der Waals surface area contributed by atoms with Crippen LogP contribution in [0.25, 0.3) is 0 Å². The predicted molar refractivity (Wildman–Crippen MR) is 48.1 cm³/mol. The van der Waals surface area contributed by atoms with Crippen molar-refractivity contribution >= 4 is 11.8 Å². The van der Waals surface area contributed by atoms with Crippen molar-refractivity contribution in [1.29, 1.82) is 0 Å². The number of rotatable bonds is 1. The summed E-state index contributed by atoms with van der Waals surface area (Å²) < 4.78 is 4.61. The Bertz CT molecular complexity index is 267. The van der Waals surface area contributed by atoms with Gasteiger partial charge in [-0.1, -0.05) is 6.58 Å². The summed E-state index contributed by atoms with van der Waals surface area (Å²) in [5.41, 5.74) is -0.441. The minimum atomic E-state index is -0.982. The van der Waals surface area contributed by atoms with E-state index in [4.69, 9.17) is 0 Å². The lowest BCUT2D eigenvalue weighted by molar-refractivity contribution is -0.157. The van der Waals surface area contributed by atoms with E-state index in [9.17, 15) is 9.59 Å². The van der Waals surface area contributed by atoms with Crippen LogP contribution in [0.3, 0.4) is 0 Å². The third-order valence-electron chi connectivity index (χ3n) is 2.61. The number of carbonyl (C=O) groups excluding carboxylic acids is 2. The molecule has 1 fully saturated rings. The molecule has 0 heterocycles. The van der Waals surface area contributed by atoms with Gasteiger partial charge in [0.2, 0.25) is 0 Å². The molecule has 1 rings (SSSR count). The highest BCUT2D eigenvalue weighted by Crippen LogP contribution is 2.35. The first-order valence-corrected chi connectivity index (χ1v) is 4.33. The minimum absolute atomic E-state index is 0.161. The smallest absolute Gasteiger partial charge is 0.319 e. The molecular formula is C10H14O3. The standard InChI is InChI=1S/C10H14O3/c1-7-5-4-6-10(2,8(7)11)9(12)13-3/h1,4-6H2,2-3H3. The minimum Gasteiger partial charge on any atom is -0.468 e. The zero-order chi connectivity index (χ0) is 10.1. The van der Waals surface area contributed by atoms with Crippen molar-refractivity contribution in [3.05, 3.63) is 12.2 Å². The zero-order valence-corrected chi connectivity index (χ0v) is 8.05. The number of esters is 1. The Morgan fingerprint density at radius 1 is 1.62 bits per heavy atom. The number of hydrogen-bond donors (Lipinski definition) is 0. The molecule has 1 aliphatic rings. The average molecular weight is 182 g/mol. The molecule has 72 valence electrons. The van der Waals surface area contributed by atoms with Crippen molar-refractivity contribution in [2.24, 2.45) is 5.41 Å². The van der Waals surface area contributed by atoms with Gasteiger partial charge in [-0.25, -0.2) is 0 Å². The Kier molecular flexibility index (Phi) is 2.55. The first-order chi connectivity index (χ1) is 6.02. The lowest BCUT2D eigenvalue weighted by atomic mass is 9.73. The van der Waals surface area contributed by atoms with Crippen LogP contribution in [0, 0.1) is 5.41 Å². The molecule has 13 heavy (non-hydrogen) atoms. The summed E-state index contributed by atoms with van der Waals surface area (Å²) in [5.74, 6) is -0.607. The number of ketones is 1. The van der Waals surface area contributed by atoms with Gasteiger partial charge in [-0.15, -0.1) is 0 Å². The summed E-state index contributed by atoms with van der Waals surface area (Å²) in [6.45, 7) is 5.28. The average Bonchev–Trinajstić information content (AvgIpc) is 2.13. The summed E-state index contributed by atoms with van der Waals surface area (Å²) in [6, 6.07) is 0. The molecule has 1 atom stereocenters. The zero-order valence-electron chi connectivity index (χ0n) is 8.05. The van der Waals surface area contributed by atoms with E-state index < -0.39 is 11.4 Å². The van der Waals surface area contributed by atoms with Gasteiger partial charge in [0, 0.05) is 0 Å². The summed E-state index contributed by atoms with van der Waals surface area (Å²) in [6.07, 6.45) is 2.10. The molecule has 0 bridgehead atoms. The number of ether oxygens (including phenoxy) is 1. The van der Waals surface area contributed by atoms with Gasteiger partial charge in [-0.05, 0) is 31.8 Å². The van der Waals surface area contributed by atoms with Crippen LogP contribution in [-0.2, 0) is 14.3 Å². The van der Waals surface area contributed by atoms with E-state index in [1.807, 2.05) is 0 Å². The molecule has 0 saturated heterocycles. The van der Waals surface area contributed by atoms with E-state index in [1.54, 1.807) is 6.92 Å². The molecule has 0 radical (unpaired) electrons. The second-order valence-corrected chi connectivity index (χ2v) is 3.61. The SMILES string of the molecule is C=C1CCCC(C)(C(=O)OC)C1=O. The largest absolute Gasteiger partial charge is 0.468 e. The van der Waals surface area contributed by atoms with Crippen molar-refractivity contribution in [2.45, 2.75) is 26.2 Å². The van der Waals surface area contributed by atoms with Gasteiger partial charge in [-0.2, -0.15) is 0 Å². The van der Waals surface area contributed by atoms with E-state index >= 15 is 0 Å². The van der Waals surface area contributed by atoms with Crippen LogP contribution < -0.4 is 0 Å². The van der Waals surface area contributed by atoms with E-state index in [0.29, 0.717) is 18.4 Å². The number of carbonyl (C=O) groups is 2. The van der Waals surface area contributed by atoms with Crippen molar-refractivity contribution in [3.8, 4) is 0 Å². The second kappa shape index (κ2) is 3.32. The number of hydrogen-bond acceptors (Lipinski definition) is 3. The molecule has 0 aromatic heterocycles. The van der Waals surface area contributed by atoms with E-state index in [2.05, 4.69) is 11.3 Å². The Morgan fingerprint density at radius 2 is 2.23 bits per heavy atom. The predicted octanol–water partition coefficient (Wildman–Crippen LogP) is 1.47. The third kappa shape index (κ3) is 1.50. The molecule has 3 nitrogen and oxygen atoms in total. The Morgan fingerprint density at radius 3 is 2.77 bits per heavy atom. The molecule has 0 N–H and O–H groups in total. The quantitative estimate of drug-likeness (QED) is 0.350. The van der Waals surface area contributed by atoms with Crippen molar-refractivity contribution in [2.75, 3.05) is 7.11 Å². The van der Waals surface area contributed by atoms with E-state index in [1.165, 1.54) is 7.11 Å². The van der Waals surface area contributed by atoms with Crippen LogP contribution in [0.5, 0.6) is 0 Å². The third-order valence-corrected chi connectivity index (χ3v) is 2.61. The van der Waals surface area contributed by atoms with Crippen molar-refractivity contribution < 1.29 is 14.3 Å². The molecular weight excluding hydrogens is 168 g/mol. The van der Waals surface area contributed by atoms with Gasteiger partial charge in [0.05, 0.1) is 7.11 Å². The molecule has 3 heteroatoms. The summed E-state index contributed by atoms with van der Waals surface area (Å²) >= 11 is 0. The van der Waals surface area contributed by atoms with E-state index in [0.717, 1.165) is 6.42 Å². The van der Waals surface area contributed by atoms with Crippen molar-refractivity contribution in [3.63, 3.8) is 0 Å². The van der Waals surface area contributed by atoms with Gasteiger partial charge in [-0.3, -0.25) is 9.59 Å². The van der Waals surface area contributed by atoms with E-state index in [-0.39, 0.29) is 5.78 Å². The highest BCUT2D eigenvalue weighted by molar-refractivity contribution is 6.12. The molecule has 1 unspecified atom stereocenters. The fraction of sp³-hybridized carbons (Fsp3) is 0.600. The van der Waals surface area contributed by atoms with Gasteiger partial charge >= 0.3 is 5.97 Å². The number of allylic oxidation sites excluding steroid dienone is 1. The Balaban J connectivity index is 2.94. The first-order valence-electron chi connectivity index (χ1n) is 4.33. The number of Topliss-reactive ketones (excluding diaryl/α,β-unsaturated/α-hetero) is 1. The van der Waals surface area contributed by atoms with Crippen LogP contribution in [0.2, 0.25) is 0 Å². The van der Waals surface area contributed by atoms with Gasteiger partial charge in [0.1, 0.15) is 5.41 Å². The molecule has 0 aliphatic heterocycles. The molecule has 0 aromatic carbocycles. The maximum Gasteiger partial charge on any atom is 0.319 e. The van der Waals surface area contributed by atoms with Crippen LogP contribution in [0.4, 0.5) is 0 Å². The Labute approximate surface area is 77.8 Å². The lowest BCUT2D eigenvalue weighted by Crippen LogP contribution is -2.40. The van der Waals surface area contributed by atoms with Crippen molar-refractivity contribution in [1.82, 2.24) is 0 Å². The van der Waals surface area contributed by atoms with Crippen LogP contribution in [-0.4, -0.2) is 18.9 Å². The summed E-state index contributed by atoms with van der Waals surface area (Å²) in [7, 11) is 1.30. The van der Waals surface area contributed by atoms with Gasteiger partial charge < -0.3 is 4.74 Å². The highest BCUT2D eigenvalue weighted by Gasteiger charge is 2.44. The maximum atomic E-state index is 11.6. The Hall–Kier alpha value is -1.12. The summed E-state index contributed by atoms with van der Waals surface area (Å²) in [5, 5.41) is 0. The fourth-order valence-electron chi connectivity index (χ4n) is 1.69. The second-order valence-electron chi connectivity index (χ2n) is 3.61. The maximum absolute atomic E-state index is 11.6. The summed E-state index contributed by atoms with van der Waals surface area (Å²) in [4.78, 5) is 23.0. The lowest BCUT2D eigenvalue weighted by Gasteiger charge is -2.29. The fourth-order valence-corrected chi connectivity index (χ4v) is 1.69. The van der Waals surface area contributed by atoms with Crippen LogP contribution in [0.15, 0.2) is 12.2 Å². The normalized spacial score (nSPS) is 28.8. The molecule has 1 aliphatic carbocycles. The number of methoxy groups -OCH3 is 1. The van der Waals surface area contributed by atoms with Crippen LogP contribution in [0.1, 0.15) is 26.2 Å². The highest BCUT2D eigenvalue weighted by atomic mass is 16.5. The van der Waals surface area contributed by atoms with Gasteiger partial charge in [0.25, 0.3) is 0 Å². The molecule has 0 aromatic rings.